The molecule has 14 heavy (non-hydrogen) atoms. The quantitative estimate of drug-likeness (QED) is 0.668. The molecule has 3 heteroatoms. The van der Waals surface area contributed by atoms with Crippen molar-refractivity contribution >= 4 is 5.97 Å². The van der Waals surface area contributed by atoms with E-state index in [1.54, 1.807) is 0 Å². The molecule has 0 radical (unpaired) electrons. The van der Waals surface area contributed by atoms with Crippen molar-refractivity contribution in [3.8, 4) is 0 Å². The third kappa shape index (κ3) is 6.89. The van der Waals surface area contributed by atoms with E-state index in [-0.39, 0.29) is 5.97 Å². The monoisotopic (exact) mass is 201 g/mol. The standard InChI is InChI=1S/C11H23NO2/c1-8(2)5-6-14-11(13)10(12)7-9(3)4/h8-10H,5-7,12H2,1-4H3/t10-/m0/s1. The molecule has 84 valence electrons. The summed E-state index contributed by atoms with van der Waals surface area (Å²) in [6.07, 6.45) is 1.60. The second kappa shape index (κ2) is 6.82. The lowest BCUT2D eigenvalue weighted by Crippen LogP contribution is -2.33. The number of hydrogen-bond donors (Lipinski definition) is 1. The molecule has 2 N–H and O–H groups in total. The minimum Gasteiger partial charge on any atom is -0.465 e. The number of esters is 1. The van der Waals surface area contributed by atoms with E-state index in [4.69, 9.17) is 10.5 Å². The lowest BCUT2D eigenvalue weighted by molar-refractivity contribution is -0.145. The zero-order valence-corrected chi connectivity index (χ0v) is 9.75. The Morgan fingerprint density at radius 1 is 1.21 bits per heavy atom. The first-order valence-corrected chi connectivity index (χ1v) is 5.35. The van der Waals surface area contributed by atoms with Crippen LogP contribution in [0.1, 0.15) is 40.5 Å². The molecule has 0 bridgehead atoms. The summed E-state index contributed by atoms with van der Waals surface area (Å²) < 4.78 is 5.05. The first kappa shape index (κ1) is 13.4. The summed E-state index contributed by atoms with van der Waals surface area (Å²) in [5, 5.41) is 0. The Bertz CT molecular complexity index is 167. The predicted molar refractivity (Wildman–Crippen MR) is 57.8 cm³/mol. The van der Waals surface area contributed by atoms with Gasteiger partial charge in [-0.15, -0.1) is 0 Å². The fraction of sp³-hybridized carbons (Fsp3) is 0.909. The van der Waals surface area contributed by atoms with E-state index < -0.39 is 6.04 Å². The molecule has 0 aromatic rings. The summed E-state index contributed by atoms with van der Waals surface area (Å²) in [6, 6.07) is -0.456. The molecule has 0 aliphatic carbocycles. The first-order valence-electron chi connectivity index (χ1n) is 5.35. The van der Waals surface area contributed by atoms with Gasteiger partial charge in [-0.2, -0.15) is 0 Å². The van der Waals surface area contributed by atoms with Crippen molar-refractivity contribution in [1.29, 1.82) is 0 Å². The van der Waals surface area contributed by atoms with E-state index in [1.807, 2.05) is 13.8 Å². The number of nitrogens with two attached hydrogens (primary N) is 1. The third-order valence-corrected chi connectivity index (χ3v) is 1.97. The Labute approximate surface area is 87.0 Å². The van der Waals surface area contributed by atoms with Crippen molar-refractivity contribution in [3.63, 3.8) is 0 Å². The SMILES string of the molecule is CC(C)CCOC(=O)[C@@H](N)CC(C)C. The van der Waals surface area contributed by atoms with Crippen LogP contribution < -0.4 is 5.73 Å². The first-order chi connectivity index (χ1) is 6.43. The molecule has 0 rings (SSSR count). The molecule has 0 amide bonds. The van der Waals surface area contributed by atoms with Crippen LogP contribution in [0.4, 0.5) is 0 Å². The number of carbonyl (C=O) groups is 1. The largest absolute Gasteiger partial charge is 0.465 e. The van der Waals surface area contributed by atoms with Gasteiger partial charge in [0.1, 0.15) is 6.04 Å². The van der Waals surface area contributed by atoms with E-state index in [2.05, 4.69) is 13.8 Å². The van der Waals surface area contributed by atoms with Crippen LogP contribution in [-0.4, -0.2) is 18.6 Å². The zero-order valence-electron chi connectivity index (χ0n) is 9.75. The van der Waals surface area contributed by atoms with Gasteiger partial charge in [-0.25, -0.2) is 0 Å². The Balaban J connectivity index is 3.62. The average Bonchev–Trinajstić information content (AvgIpc) is 2.01. The van der Waals surface area contributed by atoms with Gasteiger partial charge in [-0.05, 0) is 24.7 Å². The summed E-state index contributed by atoms with van der Waals surface area (Å²) in [7, 11) is 0. The molecule has 0 aromatic carbocycles. The van der Waals surface area contributed by atoms with Crippen LogP contribution in [-0.2, 0) is 9.53 Å². The zero-order chi connectivity index (χ0) is 11.1. The van der Waals surface area contributed by atoms with Gasteiger partial charge in [0.2, 0.25) is 0 Å². The lowest BCUT2D eigenvalue weighted by Gasteiger charge is -2.13. The second-order valence-electron chi connectivity index (χ2n) is 4.59. The highest BCUT2D eigenvalue weighted by Gasteiger charge is 2.16. The molecule has 0 spiro atoms. The van der Waals surface area contributed by atoms with Crippen molar-refractivity contribution in [3.05, 3.63) is 0 Å². The fourth-order valence-electron chi connectivity index (χ4n) is 1.11. The summed E-state index contributed by atoms with van der Waals surface area (Å²) in [6.45, 7) is 8.77. The van der Waals surface area contributed by atoms with Gasteiger partial charge in [-0.3, -0.25) is 4.79 Å². The third-order valence-electron chi connectivity index (χ3n) is 1.97. The van der Waals surface area contributed by atoms with Gasteiger partial charge in [0.05, 0.1) is 6.61 Å². The highest BCUT2D eigenvalue weighted by Crippen LogP contribution is 2.05. The predicted octanol–water partition coefficient (Wildman–Crippen LogP) is 1.95. The second-order valence-corrected chi connectivity index (χ2v) is 4.59. The number of hydrogen-bond acceptors (Lipinski definition) is 3. The van der Waals surface area contributed by atoms with Gasteiger partial charge < -0.3 is 10.5 Å². The van der Waals surface area contributed by atoms with Gasteiger partial charge in [0.25, 0.3) is 0 Å². The Hall–Kier alpha value is -0.570. The van der Waals surface area contributed by atoms with Gasteiger partial charge in [0, 0.05) is 0 Å². The van der Waals surface area contributed by atoms with Crippen molar-refractivity contribution in [1.82, 2.24) is 0 Å². The number of rotatable bonds is 6. The summed E-state index contributed by atoms with van der Waals surface area (Å²) in [5.74, 6) is 0.728. The maximum atomic E-state index is 11.3. The smallest absolute Gasteiger partial charge is 0.322 e. The maximum absolute atomic E-state index is 11.3. The molecule has 0 saturated carbocycles. The molecule has 3 nitrogen and oxygen atoms in total. The summed E-state index contributed by atoms with van der Waals surface area (Å²) in [5.41, 5.74) is 5.66. The topological polar surface area (TPSA) is 52.3 Å². The normalized spacial score (nSPS) is 13.4. The molecule has 0 unspecified atom stereocenters. The molecule has 0 aromatic heterocycles. The molecular formula is C11H23NO2. The molecular weight excluding hydrogens is 178 g/mol. The van der Waals surface area contributed by atoms with E-state index in [0.717, 1.165) is 6.42 Å². The van der Waals surface area contributed by atoms with E-state index in [9.17, 15) is 4.79 Å². The molecule has 1 atom stereocenters. The maximum Gasteiger partial charge on any atom is 0.322 e. The molecule has 0 aliphatic heterocycles. The molecule has 0 aliphatic rings. The van der Waals surface area contributed by atoms with Crippen LogP contribution in [0.2, 0.25) is 0 Å². The molecule has 0 heterocycles. The van der Waals surface area contributed by atoms with Crippen LogP contribution >= 0.6 is 0 Å². The fourth-order valence-corrected chi connectivity index (χ4v) is 1.11. The summed E-state index contributed by atoms with van der Waals surface area (Å²) in [4.78, 5) is 11.3. The van der Waals surface area contributed by atoms with E-state index >= 15 is 0 Å². The Kier molecular flexibility index (Phi) is 6.54. The van der Waals surface area contributed by atoms with E-state index in [0.29, 0.717) is 24.9 Å². The van der Waals surface area contributed by atoms with Crippen molar-refractivity contribution in [2.45, 2.75) is 46.6 Å². The average molecular weight is 201 g/mol. The van der Waals surface area contributed by atoms with Crippen molar-refractivity contribution < 1.29 is 9.53 Å². The molecule has 0 saturated heterocycles. The lowest BCUT2D eigenvalue weighted by atomic mass is 10.1. The number of carbonyl (C=O) groups excluding carboxylic acids is 1. The van der Waals surface area contributed by atoms with Gasteiger partial charge >= 0.3 is 5.97 Å². The van der Waals surface area contributed by atoms with Crippen molar-refractivity contribution in [2.75, 3.05) is 6.61 Å². The van der Waals surface area contributed by atoms with Crippen LogP contribution in [0.15, 0.2) is 0 Å². The van der Waals surface area contributed by atoms with Crippen LogP contribution in [0.25, 0.3) is 0 Å². The molecule has 0 fully saturated rings. The van der Waals surface area contributed by atoms with Crippen LogP contribution in [0.5, 0.6) is 0 Å². The van der Waals surface area contributed by atoms with Gasteiger partial charge in [0.15, 0.2) is 0 Å². The highest BCUT2D eigenvalue weighted by atomic mass is 16.5. The highest BCUT2D eigenvalue weighted by molar-refractivity contribution is 5.75. The summed E-state index contributed by atoms with van der Waals surface area (Å²) >= 11 is 0. The van der Waals surface area contributed by atoms with Crippen molar-refractivity contribution in [2.24, 2.45) is 17.6 Å². The number of ether oxygens (including phenoxy) is 1. The van der Waals surface area contributed by atoms with E-state index in [1.165, 1.54) is 0 Å². The van der Waals surface area contributed by atoms with Crippen LogP contribution in [0.3, 0.4) is 0 Å². The Morgan fingerprint density at radius 3 is 2.21 bits per heavy atom. The van der Waals surface area contributed by atoms with Gasteiger partial charge in [-0.1, -0.05) is 27.7 Å². The van der Waals surface area contributed by atoms with Crippen LogP contribution in [0, 0.1) is 11.8 Å². The Morgan fingerprint density at radius 2 is 1.79 bits per heavy atom. The minimum absolute atomic E-state index is 0.264. The minimum atomic E-state index is -0.456.